The molecule has 0 bridgehead atoms. The Bertz CT molecular complexity index is 2270. The number of benzene rings is 6. The summed E-state index contributed by atoms with van der Waals surface area (Å²) in [6, 6.07) is 51.0. The minimum absolute atomic E-state index is 0. The number of fused-ring (bicyclic) bond motifs is 4. The molecule has 0 aliphatic heterocycles. The molecule has 0 radical (unpaired) electrons. The molecule has 52 heavy (non-hydrogen) atoms. The number of rotatable bonds is 8. The monoisotopic (exact) mass is 816 g/mol. The molecule has 6 aromatic carbocycles. The number of halogens is 2. The molecule has 2 atom stereocenters. The van der Waals surface area contributed by atoms with Crippen molar-refractivity contribution in [2.24, 2.45) is 11.8 Å². The van der Waals surface area contributed by atoms with Crippen LogP contribution in [-0.4, -0.2) is 6.88 Å². The molecule has 0 amide bonds. The van der Waals surface area contributed by atoms with Gasteiger partial charge < -0.3 is 0 Å². The smallest absolute Gasteiger partial charge is 0.147 e. The van der Waals surface area contributed by atoms with Gasteiger partial charge in [0, 0.05) is 0 Å². The summed E-state index contributed by atoms with van der Waals surface area (Å²) in [6.07, 6.45) is 2.24. The fraction of sp³-hybridized carbons (Fsp3) is 0.250. The van der Waals surface area contributed by atoms with Gasteiger partial charge in [-0.1, -0.05) is 0 Å². The fourth-order valence-corrected chi connectivity index (χ4v) is 29.6. The first-order chi connectivity index (χ1) is 24.0. The van der Waals surface area contributed by atoms with E-state index in [4.69, 9.17) is 0 Å². The van der Waals surface area contributed by atoms with Crippen molar-refractivity contribution in [3.05, 3.63) is 178 Å². The summed E-state index contributed by atoms with van der Waals surface area (Å²) < 4.78 is 6.58. The maximum Gasteiger partial charge on any atom is -0.147 e. The first kappa shape index (κ1) is 38.7. The van der Waals surface area contributed by atoms with Crippen molar-refractivity contribution in [1.29, 1.82) is 0 Å². The topological polar surface area (TPSA) is 0 Å². The van der Waals surface area contributed by atoms with Crippen LogP contribution in [0.4, 0.5) is 0 Å². The second-order valence-electron chi connectivity index (χ2n) is 17.0. The van der Waals surface area contributed by atoms with Crippen LogP contribution in [0.2, 0.25) is 9.26 Å². The van der Waals surface area contributed by atoms with Crippen LogP contribution < -0.4 is 0 Å². The summed E-state index contributed by atoms with van der Waals surface area (Å²) in [4.78, 5) is 0. The molecule has 0 heterocycles. The van der Waals surface area contributed by atoms with Crippen molar-refractivity contribution in [2.75, 3.05) is 0 Å². The predicted molar refractivity (Wildman–Crippen MR) is 232 cm³/mol. The summed E-state index contributed by atoms with van der Waals surface area (Å²) in [5.41, 5.74) is 15.3. The van der Waals surface area contributed by atoms with E-state index in [9.17, 15) is 0 Å². The predicted octanol–water partition coefficient (Wildman–Crippen LogP) is 13.7. The molecule has 266 valence electrons. The van der Waals surface area contributed by atoms with Crippen molar-refractivity contribution in [3.8, 4) is 0 Å². The maximum atomic E-state index is 2.83. The summed E-state index contributed by atoms with van der Waals surface area (Å²) in [7, 11) is 0. The fourth-order valence-electron chi connectivity index (χ4n) is 10.1. The van der Waals surface area contributed by atoms with Gasteiger partial charge in [0.1, 0.15) is 0 Å². The molecular weight excluding hydrogens is 767 g/mol. The standard InChI is InChI=1S/2C23H21.2CH3.2ClH.H2Si.Zr/c2*1-16(2)14-19-15-18-9-4-6-12-21(18)23(19)22-13-7-10-17-8-3-5-11-20(17)22;;;;;;/h2*3-13,15-16H,14H2,1-2H3;2*1H3;2*1H;1H2;. The molecular formula is C48H52Cl2SiZr. The average Bonchev–Trinajstić information content (AvgIpc) is 3.60. The Morgan fingerprint density at radius 3 is 1.19 bits per heavy atom. The summed E-state index contributed by atoms with van der Waals surface area (Å²) in [6.45, 7) is 12.2. The third-order valence-electron chi connectivity index (χ3n) is 11.7. The Morgan fingerprint density at radius 2 is 0.788 bits per heavy atom. The average molecular weight is 819 g/mol. The number of hydrogen-bond donors (Lipinski definition) is 0. The molecule has 2 unspecified atom stereocenters. The van der Waals surface area contributed by atoms with Gasteiger partial charge in [-0.05, 0) is 0 Å². The second kappa shape index (κ2) is 14.7. The molecule has 2 aliphatic rings. The zero-order chi connectivity index (χ0) is 34.8. The Labute approximate surface area is 326 Å². The molecule has 8 rings (SSSR count). The van der Waals surface area contributed by atoms with E-state index in [0.717, 1.165) is 12.8 Å². The van der Waals surface area contributed by atoms with Gasteiger partial charge >= 0.3 is 304 Å². The SMILES string of the molecule is CC(C)CC1=C(c2cccc3ccccc23)c2ccccc2[CH]1[Zr]([CH3])([CH3])(=[SiH2])[CH]1C(CC(C)C)=C(c2cccc3ccccc23)c2ccccc21.Cl.Cl. The van der Waals surface area contributed by atoms with Gasteiger partial charge in [-0.3, -0.25) is 0 Å². The van der Waals surface area contributed by atoms with E-state index in [1.54, 1.807) is 22.3 Å². The molecule has 4 heteroatoms. The molecule has 0 fully saturated rings. The van der Waals surface area contributed by atoms with Crippen molar-refractivity contribution in [1.82, 2.24) is 0 Å². The summed E-state index contributed by atoms with van der Waals surface area (Å²) >= 11 is -3.98. The van der Waals surface area contributed by atoms with Crippen molar-refractivity contribution >= 4 is 64.4 Å². The third kappa shape index (κ3) is 6.36. The van der Waals surface area contributed by atoms with E-state index in [1.807, 2.05) is 0 Å². The first-order valence-corrected chi connectivity index (χ1v) is 32.4. The molecule has 2 aliphatic carbocycles. The van der Waals surface area contributed by atoms with E-state index >= 15 is 0 Å². The molecule has 0 N–H and O–H groups in total. The van der Waals surface area contributed by atoms with Gasteiger partial charge in [0.15, 0.2) is 0 Å². The van der Waals surface area contributed by atoms with E-state index in [0.29, 0.717) is 19.1 Å². The van der Waals surface area contributed by atoms with Crippen LogP contribution in [0.15, 0.2) is 145 Å². The van der Waals surface area contributed by atoms with Gasteiger partial charge in [0.05, 0.1) is 0 Å². The minimum Gasteiger partial charge on any atom is -0.147 e. The van der Waals surface area contributed by atoms with E-state index in [2.05, 4.69) is 177 Å². The zero-order valence-corrected chi connectivity index (χ0v) is 37.0. The third-order valence-corrected chi connectivity index (χ3v) is 29.1. The Balaban J connectivity index is 0.00000232. The van der Waals surface area contributed by atoms with Crippen LogP contribution in [0.1, 0.15) is 81.2 Å². The van der Waals surface area contributed by atoms with Crippen molar-refractivity contribution in [3.63, 3.8) is 0 Å². The Hall–Kier alpha value is -3.00. The van der Waals surface area contributed by atoms with Gasteiger partial charge in [-0.2, -0.15) is 0 Å². The molecule has 6 aromatic rings. The van der Waals surface area contributed by atoms with Crippen molar-refractivity contribution < 1.29 is 17.4 Å². The normalized spacial score (nSPS) is 17.1. The zero-order valence-electron chi connectivity index (χ0n) is 31.4. The van der Waals surface area contributed by atoms with Crippen LogP contribution in [0.25, 0.3) is 32.7 Å². The molecule has 0 saturated carbocycles. The van der Waals surface area contributed by atoms with E-state index in [1.165, 1.54) is 54.9 Å². The molecule has 0 spiro atoms. The molecule has 0 nitrogen and oxygen atoms in total. The van der Waals surface area contributed by atoms with Crippen LogP contribution in [0.5, 0.6) is 0 Å². The van der Waals surface area contributed by atoms with Crippen molar-refractivity contribution in [2.45, 2.75) is 57.1 Å². The first-order valence-electron chi connectivity index (χ1n) is 18.7. The summed E-state index contributed by atoms with van der Waals surface area (Å²) in [5.74, 6) is 1.13. The minimum atomic E-state index is -3.98. The maximum absolute atomic E-state index is 3.98. The molecule has 0 aromatic heterocycles. The van der Waals surface area contributed by atoms with Crippen LogP contribution in [0, 0.1) is 11.8 Å². The van der Waals surface area contributed by atoms with Gasteiger partial charge in [-0.15, -0.1) is 24.8 Å². The summed E-state index contributed by atoms with van der Waals surface area (Å²) in [5, 5.41) is 5.38. The van der Waals surface area contributed by atoms with E-state index in [-0.39, 0.29) is 24.8 Å². The number of allylic oxidation sites excluding steroid dienone is 2. The van der Waals surface area contributed by atoms with Gasteiger partial charge in [0.2, 0.25) is 0 Å². The van der Waals surface area contributed by atoms with Gasteiger partial charge in [-0.25, -0.2) is 0 Å². The Morgan fingerprint density at radius 1 is 0.462 bits per heavy atom. The van der Waals surface area contributed by atoms with Gasteiger partial charge in [0.25, 0.3) is 0 Å². The quantitative estimate of drug-likeness (QED) is 0.134. The van der Waals surface area contributed by atoms with Crippen LogP contribution in [-0.2, 0) is 17.4 Å². The Kier molecular flexibility index (Phi) is 10.9. The largest absolute Gasteiger partial charge is 0.147 e. The molecule has 0 saturated heterocycles. The van der Waals surface area contributed by atoms with Crippen LogP contribution in [0.3, 0.4) is 0 Å². The van der Waals surface area contributed by atoms with E-state index < -0.39 is 17.4 Å². The number of hydrogen-bond acceptors (Lipinski definition) is 0. The second-order valence-corrected chi connectivity index (χ2v) is 47.5. The van der Waals surface area contributed by atoms with Crippen LogP contribution >= 0.6 is 24.8 Å².